The number of carbonyl (C=O) groups is 1. The first-order valence-electron chi connectivity index (χ1n) is 11.2. The molecule has 5 rings (SSSR count). The van der Waals surface area contributed by atoms with Crippen LogP contribution in [0.5, 0.6) is 0 Å². The van der Waals surface area contributed by atoms with Crippen molar-refractivity contribution in [2.45, 2.75) is 52.0 Å². The van der Waals surface area contributed by atoms with Gasteiger partial charge < -0.3 is 9.88 Å². The first kappa shape index (κ1) is 20.4. The molecule has 2 aromatic heterocycles. The molecule has 1 aliphatic heterocycles. The monoisotopic (exact) mass is 429 g/mol. The van der Waals surface area contributed by atoms with E-state index in [0.29, 0.717) is 17.6 Å². The van der Waals surface area contributed by atoms with Crippen molar-refractivity contribution in [3.8, 4) is 0 Å². The standard InChI is InChI=1S/C25H27N5O2/c1-14-12-19-20(13-15(14)2)27-23(26-19)21-10-6-7-11-30(21)25(32)16(3)22-17-8-4-5-9-18(17)24(31)29-28-22/h4-5,8-9,12-13,16,21H,6-7,10-11H2,1-3H3,(H,26,27)(H,29,31). The van der Waals surface area contributed by atoms with E-state index in [2.05, 4.69) is 41.2 Å². The van der Waals surface area contributed by atoms with Crippen LogP contribution >= 0.6 is 0 Å². The third-order valence-corrected chi connectivity index (χ3v) is 6.72. The topological polar surface area (TPSA) is 94.7 Å². The fraction of sp³-hybridized carbons (Fsp3) is 0.360. The predicted molar refractivity (Wildman–Crippen MR) is 125 cm³/mol. The average Bonchev–Trinajstić information content (AvgIpc) is 3.21. The fourth-order valence-corrected chi connectivity index (χ4v) is 4.76. The van der Waals surface area contributed by atoms with Crippen molar-refractivity contribution >= 4 is 27.7 Å². The van der Waals surface area contributed by atoms with Crippen LogP contribution in [-0.2, 0) is 4.79 Å². The van der Waals surface area contributed by atoms with E-state index >= 15 is 0 Å². The third-order valence-electron chi connectivity index (χ3n) is 6.72. The smallest absolute Gasteiger partial charge is 0.272 e. The van der Waals surface area contributed by atoms with E-state index < -0.39 is 5.92 Å². The van der Waals surface area contributed by atoms with Crippen LogP contribution in [0.25, 0.3) is 21.8 Å². The SMILES string of the molecule is Cc1cc2nc(C3CCCCN3C(=O)C(C)c3n[nH]c(=O)c4ccccc34)[nH]c2cc1C. The van der Waals surface area contributed by atoms with Gasteiger partial charge >= 0.3 is 0 Å². The van der Waals surface area contributed by atoms with E-state index in [1.54, 1.807) is 6.07 Å². The maximum Gasteiger partial charge on any atom is 0.272 e. The molecule has 0 spiro atoms. The molecule has 4 aromatic rings. The highest BCUT2D eigenvalue weighted by Crippen LogP contribution is 2.34. The number of nitrogens with one attached hydrogen (secondary N) is 2. The number of hydrogen-bond acceptors (Lipinski definition) is 4. The van der Waals surface area contributed by atoms with Gasteiger partial charge in [0.1, 0.15) is 5.82 Å². The summed E-state index contributed by atoms with van der Waals surface area (Å²) in [4.78, 5) is 36.1. The number of fused-ring (bicyclic) bond motifs is 2. The molecule has 0 radical (unpaired) electrons. The Kier molecular flexibility index (Phi) is 5.04. The van der Waals surface area contributed by atoms with Gasteiger partial charge in [-0.15, -0.1) is 0 Å². The average molecular weight is 430 g/mol. The van der Waals surface area contributed by atoms with Gasteiger partial charge in [0.15, 0.2) is 0 Å². The van der Waals surface area contributed by atoms with Crippen molar-refractivity contribution in [2.75, 3.05) is 6.54 Å². The molecular formula is C25H27N5O2. The molecule has 7 nitrogen and oxygen atoms in total. The first-order chi connectivity index (χ1) is 15.4. The van der Waals surface area contributed by atoms with Crippen LogP contribution in [0.15, 0.2) is 41.2 Å². The fourth-order valence-electron chi connectivity index (χ4n) is 4.76. The first-order valence-corrected chi connectivity index (χ1v) is 11.2. The van der Waals surface area contributed by atoms with Crippen molar-refractivity contribution in [2.24, 2.45) is 0 Å². The molecule has 2 aromatic carbocycles. The van der Waals surface area contributed by atoms with E-state index in [1.165, 1.54) is 11.1 Å². The minimum atomic E-state index is -0.480. The molecule has 2 unspecified atom stereocenters. The third kappa shape index (κ3) is 3.38. The van der Waals surface area contributed by atoms with Crippen LogP contribution < -0.4 is 5.56 Å². The van der Waals surface area contributed by atoms with Gasteiger partial charge in [0.25, 0.3) is 5.56 Å². The second-order valence-electron chi connectivity index (χ2n) is 8.82. The molecule has 32 heavy (non-hydrogen) atoms. The summed E-state index contributed by atoms with van der Waals surface area (Å²) in [6.45, 7) is 6.73. The molecule has 1 aliphatic rings. The number of aromatic nitrogens is 4. The summed E-state index contributed by atoms with van der Waals surface area (Å²) >= 11 is 0. The van der Waals surface area contributed by atoms with Crippen molar-refractivity contribution < 1.29 is 4.79 Å². The molecule has 1 saturated heterocycles. The molecule has 164 valence electrons. The Morgan fingerprint density at radius 3 is 2.69 bits per heavy atom. The van der Waals surface area contributed by atoms with Gasteiger partial charge in [-0.2, -0.15) is 5.10 Å². The van der Waals surface area contributed by atoms with E-state index in [1.807, 2.05) is 30.0 Å². The van der Waals surface area contributed by atoms with E-state index in [4.69, 9.17) is 4.98 Å². The van der Waals surface area contributed by atoms with E-state index in [9.17, 15) is 9.59 Å². The number of hydrogen-bond donors (Lipinski definition) is 2. The van der Waals surface area contributed by atoms with Gasteiger partial charge in [0.05, 0.1) is 34.1 Å². The second kappa shape index (κ2) is 7.89. The van der Waals surface area contributed by atoms with Crippen molar-refractivity contribution in [3.05, 3.63) is 69.4 Å². The Balaban J connectivity index is 1.51. The minimum Gasteiger partial charge on any atom is -0.340 e. The van der Waals surface area contributed by atoms with Crippen LogP contribution in [0.4, 0.5) is 0 Å². The number of likely N-dealkylation sites (tertiary alicyclic amines) is 1. The highest BCUT2D eigenvalue weighted by Gasteiger charge is 2.34. The van der Waals surface area contributed by atoms with Crippen molar-refractivity contribution in [1.29, 1.82) is 0 Å². The maximum atomic E-state index is 13.7. The summed E-state index contributed by atoms with van der Waals surface area (Å²) in [6, 6.07) is 11.4. The summed E-state index contributed by atoms with van der Waals surface area (Å²) < 4.78 is 0. The molecule has 3 heterocycles. The Labute approximate surface area is 185 Å². The Hall–Kier alpha value is -3.48. The Bertz CT molecular complexity index is 1350. The molecule has 1 amide bonds. The van der Waals surface area contributed by atoms with Crippen LogP contribution in [0.2, 0.25) is 0 Å². The van der Waals surface area contributed by atoms with Crippen LogP contribution in [0, 0.1) is 13.8 Å². The largest absolute Gasteiger partial charge is 0.340 e. The molecule has 2 atom stereocenters. The zero-order chi connectivity index (χ0) is 22.4. The number of carbonyl (C=O) groups excluding carboxylic acids is 1. The second-order valence-corrected chi connectivity index (χ2v) is 8.82. The predicted octanol–water partition coefficient (Wildman–Crippen LogP) is 4.27. The zero-order valence-corrected chi connectivity index (χ0v) is 18.6. The van der Waals surface area contributed by atoms with E-state index in [0.717, 1.165) is 41.5 Å². The molecule has 7 heteroatoms. The van der Waals surface area contributed by atoms with E-state index in [-0.39, 0.29) is 17.5 Å². The van der Waals surface area contributed by atoms with Crippen LogP contribution in [0.1, 0.15) is 60.8 Å². The summed E-state index contributed by atoms with van der Waals surface area (Å²) in [5.41, 5.74) is 4.72. The lowest BCUT2D eigenvalue weighted by Gasteiger charge is -2.36. The number of aryl methyl sites for hydroxylation is 2. The number of benzene rings is 2. The number of rotatable bonds is 3. The molecular weight excluding hydrogens is 402 g/mol. The van der Waals surface area contributed by atoms with Gasteiger partial charge in [0, 0.05) is 11.9 Å². The summed E-state index contributed by atoms with van der Waals surface area (Å²) in [5, 5.41) is 8.10. The highest BCUT2D eigenvalue weighted by molar-refractivity contribution is 5.91. The van der Waals surface area contributed by atoms with Crippen molar-refractivity contribution in [3.63, 3.8) is 0 Å². The lowest BCUT2D eigenvalue weighted by Crippen LogP contribution is -2.41. The minimum absolute atomic E-state index is 0.00668. The number of amides is 1. The molecule has 1 fully saturated rings. The number of nitrogens with zero attached hydrogens (tertiary/aromatic N) is 3. The number of imidazole rings is 1. The lowest BCUT2D eigenvalue weighted by molar-refractivity contribution is -0.136. The van der Waals surface area contributed by atoms with Gasteiger partial charge in [0.2, 0.25) is 5.91 Å². The van der Waals surface area contributed by atoms with Crippen LogP contribution in [0.3, 0.4) is 0 Å². The van der Waals surface area contributed by atoms with Gasteiger partial charge in [-0.3, -0.25) is 9.59 Å². The molecule has 0 saturated carbocycles. The maximum absolute atomic E-state index is 13.7. The van der Waals surface area contributed by atoms with Crippen molar-refractivity contribution in [1.82, 2.24) is 25.1 Å². The number of aromatic amines is 2. The van der Waals surface area contributed by atoms with Gasteiger partial charge in [-0.1, -0.05) is 18.2 Å². The van der Waals surface area contributed by atoms with Gasteiger partial charge in [-0.25, -0.2) is 10.1 Å². The normalized spacial score (nSPS) is 17.7. The Morgan fingerprint density at radius 2 is 1.88 bits per heavy atom. The summed E-state index contributed by atoms with van der Waals surface area (Å²) in [6.07, 6.45) is 2.89. The Morgan fingerprint density at radius 1 is 1.12 bits per heavy atom. The van der Waals surface area contributed by atoms with Gasteiger partial charge in [-0.05, 0) is 69.4 Å². The zero-order valence-electron chi connectivity index (χ0n) is 18.6. The summed E-state index contributed by atoms with van der Waals surface area (Å²) in [7, 11) is 0. The lowest BCUT2D eigenvalue weighted by atomic mass is 9.96. The number of H-pyrrole nitrogens is 2. The molecule has 2 N–H and O–H groups in total. The summed E-state index contributed by atoms with van der Waals surface area (Å²) in [5.74, 6) is 0.364. The quantitative estimate of drug-likeness (QED) is 0.508. The molecule has 0 bridgehead atoms. The van der Waals surface area contributed by atoms with Crippen LogP contribution in [-0.4, -0.2) is 37.5 Å². The molecule has 0 aliphatic carbocycles. The number of piperidine rings is 1. The highest BCUT2D eigenvalue weighted by atomic mass is 16.2.